The summed E-state index contributed by atoms with van der Waals surface area (Å²) in [6.07, 6.45) is 3.69. The lowest BCUT2D eigenvalue weighted by molar-refractivity contribution is 0.480. The van der Waals surface area contributed by atoms with E-state index in [2.05, 4.69) is 9.97 Å². The fourth-order valence-electron chi connectivity index (χ4n) is 1.93. The number of hydrogen-bond acceptors (Lipinski definition) is 4. The van der Waals surface area contributed by atoms with Crippen molar-refractivity contribution in [3.8, 4) is 22.8 Å². The van der Waals surface area contributed by atoms with Gasteiger partial charge in [-0.05, 0) is 60.9 Å². The van der Waals surface area contributed by atoms with E-state index < -0.39 is 0 Å². The van der Waals surface area contributed by atoms with E-state index in [-0.39, 0.29) is 5.82 Å². The van der Waals surface area contributed by atoms with E-state index in [1.165, 1.54) is 23.9 Å². The van der Waals surface area contributed by atoms with Crippen LogP contribution in [-0.2, 0) is 0 Å². The average Bonchev–Trinajstić information content (AvgIpc) is 2.58. The summed E-state index contributed by atoms with van der Waals surface area (Å²) < 4.78 is 18.5. The second kappa shape index (κ2) is 6.58. The van der Waals surface area contributed by atoms with E-state index in [1.54, 1.807) is 18.3 Å². The van der Waals surface area contributed by atoms with Gasteiger partial charge in [0.25, 0.3) is 0 Å². The van der Waals surface area contributed by atoms with Gasteiger partial charge in [-0.15, -0.1) is 0 Å². The molecule has 1 heterocycles. The lowest BCUT2D eigenvalue weighted by Gasteiger charge is -2.07. The Morgan fingerprint density at radius 3 is 2.18 bits per heavy atom. The maximum absolute atomic E-state index is 12.9. The van der Waals surface area contributed by atoms with E-state index in [0.717, 1.165) is 16.4 Å². The van der Waals surface area contributed by atoms with Crippen molar-refractivity contribution in [2.24, 2.45) is 0 Å². The van der Waals surface area contributed by atoms with Crippen LogP contribution in [0.4, 0.5) is 4.39 Å². The van der Waals surface area contributed by atoms with Crippen molar-refractivity contribution in [3.05, 3.63) is 66.6 Å². The fraction of sp³-hybridized carbons (Fsp3) is 0.0588. The van der Waals surface area contributed by atoms with Crippen molar-refractivity contribution < 1.29 is 9.13 Å². The predicted molar refractivity (Wildman–Crippen MR) is 85.7 cm³/mol. The summed E-state index contributed by atoms with van der Waals surface area (Å²) in [6, 6.07) is 15.4. The van der Waals surface area contributed by atoms with Crippen molar-refractivity contribution >= 4 is 11.8 Å². The Balaban J connectivity index is 1.78. The quantitative estimate of drug-likeness (QED) is 0.512. The maximum Gasteiger partial charge on any atom is 0.187 e. The van der Waals surface area contributed by atoms with Crippen LogP contribution in [0, 0.1) is 5.82 Å². The Hall–Kier alpha value is -2.40. The monoisotopic (exact) mass is 312 g/mol. The highest BCUT2D eigenvalue weighted by atomic mass is 32.2. The van der Waals surface area contributed by atoms with E-state index in [9.17, 15) is 4.39 Å². The minimum atomic E-state index is -0.281. The number of thioether (sulfide) groups is 1. The molecule has 0 atom stereocenters. The zero-order valence-electron chi connectivity index (χ0n) is 11.9. The molecule has 0 bridgehead atoms. The average molecular weight is 312 g/mol. The molecular formula is C17H13FN2OS. The smallest absolute Gasteiger partial charge is 0.187 e. The van der Waals surface area contributed by atoms with Crippen molar-refractivity contribution in [2.75, 3.05) is 6.26 Å². The summed E-state index contributed by atoms with van der Waals surface area (Å²) in [6.45, 7) is 0. The zero-order valence-corrected chi connectivity index (χ0v) is 12.7. The fourth-order valence-corrected chi connectivity index (χ4v) is 2.29. The molecule has 0 fully saturated rings. The number of aromatic nitrogens is 2. The second-order valence-electron chi connectivity index (χ2n) is 4.51. The topological polar surface area (TPSA) is 35.0 Å². The van der Waals surface area contributed by atoms with Crippen molar-refractivity contribution in [1.82, 2.24) is 9.97 Å². The van der Waals surface area contributed by atoms with E-state index in [4.69, 9.17) is 4.74 Å². The summed E-state index contributed by atoms with van der Waals surface area (Å²) >= 11 is 1.51. The molecule has 0 spiro atoms. The van der Waals surface area contributed by atoms with Crippen molar-refractivity contribution in [2.45, 2.75) is 5.16 Å². The molecule has 0 unspecified atom stereocenters. The SMILES string of the molecule is CSc1nccc(-c2ccc(Oc3ccc(F)cc3)cc2)n1. The summed E-state index contributed by atoms with van der Waals surface area (Å²) in [7, 11) is 0. The minimum Gasteiger partial charge on any atom is -0.457 e. The molecule has 0 aliphatic carbocycles. The van der Waals surface area contributed by atoms with Gasteiger partial charge in [0, 0.05) is 11.8 Å². The first-order valence-corrected chi connectivity index (χ1v) is 7.88. The third kappa shape index (κ3) is 3.43. The van der Waals surface area contributed by atoms with Crippen LogP contribution in [0.3, 0.4) is 0 Å². The molecular weight excluding hydrogens is 299 g/mol. The number of ether oxygens (including phenoxy) is 1. The summed E-state index contributed by atoms with van der Waals surface area (Å²) in [5.41, 5.74) is 1.86. The van der Waals surface area contributed by atoms with Crippen LogP contribution in [0.15, 0.2) is 66.0 Å². The number of hydrogen-bond donors (Lipinski definition) is 0. The van der Waals surface area contributed by atoms with Crippen LogP contribution >= 0.6 is 11.8 Å². The third-order valence-electron chi connectivity index (χ3n) is 3.02. The highest BCUT2D eigenvalue weighted by Gasteiger charge is 2.03. The Morgan fingerprint density at radius 1 is 0.909 bits per heavy atom. The molecule has 0 saturated heterocycles. The molecule has 0 aliphatic heterocycles. The molecule has 0 saturated carbocycles. The molecule has 1 aromatic heterocycles. The van der Waals surface area contributed by atoms with Gasteiger partial charge in [0.1, 0.15) is 17.3 Å². The lowest BCUT2D eigenvalue weighted by Crippen LogP contribution is -1.89. The molecule has 0 radical (unpaired) electrons. The number of rotatable bonds is 4. The molecule has 3 nitrogen and oxygen atoms in total. The van der Waals surface area contributed by atoms with Crippen LogP contribution in [0.5, 0.6) is 11.5 Å². The Bertz CT molecular complexity index is 760. The van der Waals surface area contributed by atoms with Crippen LogP contribution in [0.25, 0.3) is 11.3 Å². The molecule has 0 amide bonds. The molecule has 0 aliphatic rings. The minimum absolute atomic E-state index is 0.281. The highest BCUT2D eigenvalue weighted by molar-refractivity contribution is 7.98. The first-order valence-electron chi connectivity index (χ1n) is 6.65. The van der Waals surface area contributed by atoms with Crippen molar-refractivity contribution in [1.29, 1.82) is 0 Å². The van der Waals surface area contributed by atoms with Gasteiger partial charge in [-0.1, -0.05) is 11.8 Å². The normalized spacial score (nSPS) is 10.5. The molecule has 3 aromatic rings. The zero-order chi connectivity index (χ0) is 15.4. The summed E-state index contributed by atoms with van der Waals surface area (Å²) in [5, 5.41) is 0.740. The number of benzene rings is 2. The predicted octanol–water partition coefficient (Wildman–Crippen LogP) is 4.80. The molecule has 0 N–H and O–H groups in total. The third-order valence-corrected chi connectivity index (χ3v) is 3.58. The largest absolute Gasteiger partial charge is 0.457 e. The van der Waals surface area contributed by atoms with Gasteiger partial charge < -0.3 is 4.74 Å². The van der Waals surface area contributed by atoms with Gasteiger partial charge in [0.05, 0.1) is 5.69 Å². The Morgan fingerprint density at radius 2 is 1.55 bits per heavy atom. The van der Waals surface area contributed by atoms with Gasteiger partial charge in [0.2, 0.25) is 0 Å². The molecule has 3 rings (SSSR count). The van der Waals surface area contributed by atoms with Crippen LogP contribution in [0.1, 0.15) is 0 Å². The standard InChI is InChI=1S/C17H13FN2OS/c1-22-17-19-11-10-16(20-17)12-2-6-14(7-3-12)21-15-8-4-13(18)5-9-15/h2-11H,1H3. The van der Waals surface area contributed by atoms with E-state index in [0.29, 0.717) is 11.5 Å². The van der Waals surface area contributed by atoms with Crippen LogP contribution in [-0.4, -0.2) is 16.2 Å². The number of halogens is 1. The lowest BCUT2D eigenvalue weighted by atomic mass is 10.1. The van der Waals surface area contributed by atoms with Crippen LogP contribution in [0.2, 0.25) is 0 Å². The Kier molecular flexibility index (Phi) is 4.34. The first-order chi connectivity index (χ1) is 10.7. The Labute approximate surface area is 132 Å². The van der Waals surface area contributed by atoms with E-state index in [1.807, 2.05) is 36.6 Å². The van der Waals surface area contributed by atoms with Gasteiger partial charge in [0.15, 0.2) is 5.16 Å². The highest BCUT2D eigenvalue weighted by Crippen LogP contribution is 2.25. The number of nitrogens with zero attached hydrogens (tertiary/aromatic N) is 2. The van der Waals surface area contributed by atoms with Crippen molar-refractivity contribution in [3.63, 3.8) is 0 Å². The summed E-state index contributed by atoms with van der Waals surface area (Å²) in [5.74, 6) is 1.01. The van der Waals surface area contributed by atoms with Crippen LogP contribution < -0.4 is 4.74 Å². The molecule has 5 heteroatoms. The van der Waals surface area contributed by atoms with E-state index >= 15 is 0 Å². The van der Waals surface area contributed by atoms with Gasteiger partial charge in [-0.3, -0.25) is 0 Å². The maximum atomic E-state index is 12.9. The molecule has 22 heavy (non-hydrogen) atoms. The van der Waals surface area contributed by atoms with Gasteiger partial charge >= 0.3 is 0 Å². The first kappa shape index (κ1) is 14.5. The summed E-state index contributed by atoms with van der Waals surface area (Å²) in [4.78, 5) is 8.61. The van der Waals surface area contributed by atoms with Gasteiger partial charge in [-0.25, -0.2) is 14.4 Å². The second-order valence-corrected chi connectivity index (χ2v) is 5.28. The molecule has 2 aromatic carbocycles. The molecule has 110 valence electrons. The van der Waals surface area contributed by atoms with Gasteiger partial charge in [-0.2, -0.15) is 0 Å².